The van der Waals surface area contributed by atoms with E-state index in [1.54, 1.807) is 6.20 Å². The number of aryl methyl sites for hydroxylation is 2. The predicted octanol–water partition coefficient (Wildman–Crippen LogP) is 15.3. The van der Waals surface area contributed by atoms with Crippen LogP contribution < -0.4 is 0 Å². The average Bonchev–Trinajstić information content (AvgIpc) is 4.05. The van der Waals surface area contributed by atoms with Crippen molar-refractivity contribution < 1.29 is 28.9 Å². The number of para-hydroxylation sites is 2. The van der Waals surface area contributed by atoms with Gasteiger partial charge in [0.25, 0.3) is 0 Å². The van der Waals surface area contributed by atoms with Crippen molar-refractivity contribution in [1.82, 2.24) is 14.5 Å². The molecule has 0 spiro atoms. The Morgan fingerprint density at radius 1 is 0.516 bits per heavy atom. The monoisotopic (exact) mass is 1000 g/mol. The van der Waals surface area contributed by atoms with Crippen LogP contribution in [-0.4, -0.2) is 14.5 Å². The predicted molar refractivity (Wildman–Crippen MR) is 257 cm³/mol. The SMILES string of the molecule is Cc1cc(-c2ccccc2)c(-n2c(-c3[c-]oc4ccc(-c5ccc6oc7cc(C)ccc7c6c5)cc34)nc3ccccc32)c(-c2ccccc2)c1.[Ir].[c-]1ccccc1-c1ccccn1. The van der Waals surface area contributed by atoms with E-state index in [1.165, 1.54) is 11.1 Å². The second-order valence-electron chi connectivity index (χ2n) is 15.8. The molecule has 0 aliphatic rings. The van der Waals surface area contributed by atoms with Crippen LogP contribution in [0.3, 0.4) is 0 Å². The van der Waals surface area contributed by atoms with E-state index < -0.39 is 0 Å². The normalized spacial score (nSPS) is 11.2. The number of furan rings is 2. The molecule has 0 saturated carbocycles. The Morgan fingerprint density at radius 2 is 1.19 bits per heavy atom. The number of rotatable bonds is 6. The summed E-state index contributed by atoms with van der Waals surface area (Å²) < 4.78 is 14.7. The zero-order valence-electron chi connectivity index (χ0n) is 35.0. The first kappa shape index (κ1) is 40.4. The van der Waals surface area contributed by atoms with Crippen LogP contribution in [0.1, 0.15) is 11.1 Å². The summed E-state index contributed by atoms with van der Waals surface area (Å²) in [6, 6.07) is 70.1. The van der Waals surface area contributed by atoms with Crippen molar-refractivity contribution >= 4 is 43.9 Å². The van der Waals surface area contributed by atoms with Crippen LogP contribution in [0.15, 0.2) is 209 Å². The summed E-state index contributed by atoms with van der Waals surface area (Å²) in [6.45, 7) is 4.25. The molecule has 309 valence electrons. The number of imidazole rings is 1. The molecule has 0 N–H and O–H groups in total. The van der Waals surface area contributed by atoms with Gasteiger partial charge in [0.1, 0.15) is 11.2 Å². The quantitative estimate of drug-likeness (QED) is 0.156. The van der Waals surface area contributed by atoms with Gasteiger partial charge in [-0.1, -0.05) is 132 Å². The van der Waals surface area contributed by atoms with E-state index in [0.717, 1.165) is 106 Å². The van der Waals surface area contributed by atoms with E-state index in [2.05, 4.69) is 175 Å². The van der Waals surface area contributed by atoms with Crippen LogP contribution in [0, 0.1) is 26.2 Å². The van der Waals surface area contributed by atoms with Crippen molar-refractivity contribution in [2.45, 2.75) is 13.8 Å². The number of nitrogens with zero attached hydrogens (tertiary/aromatic N) is 3. The van der Waals surface area contributed by atoms with Crippen molar-refractivity contribution in [2.75, 3.05) is 0 Å². The number of benzene rings is 8. The molecule has 12 rings (SSSR count). The van der Waals surface area contributed by atoms with Gasteiger partial charge in [-0.15, -0.1) is 35.9 Å². The van der Waals surface area contributed by atoms with E-state index in [-0.39, 0.29) is 20.1 Å². The largest absolute Gasteiger partial charge is 0.557 e. The fourth-order valence-electron chi connectivity index (χ4n) is 8.58. The van der Waals surface area contributed by atoms with Crippen LogP contribution in [0.25, 0.3) is 106 Å². The molecule has 0 bridgehead atoms. The molecule has 4 heterocycles. The Balaban J connectivity index is 0.000000323. The Kier molecular flexibility index (Phi) is 10.9. The van der Waals surface area contributed by atoms with Gasteiger partial charge < -0.3 is 18.4 Å². The zero-order valence-corrected chi connectivity index (χ0v) is 37.4. The van der Waals surface area contributed by atoms with E-state index in [9.17, 15) is 0 Å². The minimum absolute atomic E-state index is 0. The average molecular weight is 1000 g/mol. The number of fused-ring (bicyclic) bond motifs is 5. The Bertz CT molecular complexity index is 3480. The second kappa shape index (κ2) is 17.3. The molecular formula is C58H39IrN3O2-2. The van der Waals surface area contributed by atoms with Crippen molar-refractivity contribution in [1.29, 1.82) is 0 Å². The van der Waals surface area contributed by atoms with Crippen molar-refractivity contribution in [2.24, 2.45) is 0 Å². The fourth-order valence-corrected chi connectivity index (χ4v) is 8.58. The summed E-state index contributed by atoms with van der Waals surface area (Å²) in [4.78, 5) is 9.53. The fraction of sp³-hybridized carbons (Fsp3) is 0.0345. The van der Waals surface area contributed by atoms with Gasteiger partial charge in [0, 0.05) is 60.0 Å². The molecule has 8 aromatic carbocycles. The van der Waals surface area contributed by atoms with Crippen LogP contribution in [0.5, 0.6) is 0 Å². The molecule has 0 unspecified atom stereocenters. The number of aromatic nitrogens is 3. The molecule has 64 heavy (non-hydrogen) atoms. The standard InChI is InChI=1S/C47H31N2O2.C11H8N.Ir/c1-29-17-20-35-38-26-34(19-22-44(38)51-45(35)25-29)33-18-21-43-39(27-33)40(28-50-43)47-48-41-15-9-10-16-42(41)49(47)46-36(31-11-5-3-6-12-31)23-30(2)24-37(46)32-13-7-4-8-14-32;1-2-6-10(7-3-1)11-8-4-5-9-12-11;/h3-27H,1-2H3;1-6,8-9H;/q2*-1;. The summed E-state index contributed by atoms with van der Waals surface area (Å²) >= 11 is 0. The number of hydrogen-bond acceptors (Lipinski definition) is 4. The molecule has 0 aliphatic carbocycles. The Hall–Kier alpha value is -7.63. The summed E-state index contributed by atoms with van der Waals surface area (Å²) in [6.07, 6.45) is 5.08. The van der Waals surface area contributed by atoms with Gasteiger partial charge in [0.2, 0.25) is 0 Å². The first-order chi connectivity index (χ1) is 31.1. The minimum atomic E-state index is 0. The summed E-state index contributed by atoms with van der Waals surface area (Å²) in [5.41, 5.74) is 17.4. The third-order valence-corrected chi connectivity index (χ3v) is 11.6. The third-order valence-electron chi connectivity index (χ3n) is 11.6. The topological polar surface area (TPSA) is 57.0 Å². The van der Waals surface area contributed by atoms with Crippen molar-refractivity contribution in [3.8, 4) is 61.7 Å². The summed E-state index contributed by atoms with van der Waals surface area (Å²) in [5.74, 6) is 0.775. The number of pyridine rings is 1. The van der Waals surface area contributed by atoms with E-state index >= 15 is 0 Å². The molecule has 0 atom stereocenters. The molecule has 6 heteroatoms. The number of hydrogen-bond donors (Lipinski definition) is 0. The van der Waals surface area contributed by atoms with Crippen molar-refractivity contribution in [3.63, 3.8) is 0 Å². The van der Waals surface area contributed by atoms with Gasteiger partial charge >= 0.3 is 0 Å². The Labute approximate surface area is 384 Å². The second-order valence-corrected chi connectivity index (χ2v) is 15.8. The van der Waals surface area contributed by atoms with Crippen LogP contribution in [0.4, 0.5) is 0 Å². The molecule has 0 fully saturated rings. The van der Waals surface area contributed by atoms with Crippen molar-refractivity contribution in [3.05, 3.63) is 224 Å². The first-order valence-electron chi connectivity index (χ1n) is 21.0. The molecule has 5 nitrogen and oxygen atoms in total. The zero-order chi connectivity index (χ0) is 42.3. The van der Waals surface area contributed by atoms with E-state index in [0.29, 0.717) is 0 Å². The maximum absolute atomic E-state index is 6.20. The van der Waals surface area contributed by atoms with E-state index in [1.807, 2.05) is 54.6 Å². The smallest absolute Gasteiger partial charge is 0.135 e. The van der Waals surface area contributed by atoms with Crippen LogP contribution in [0.2, 0.25) is 0 Å². The minimum Gasteiger partial charge on any atom is -0.557 e. The molecule has 1 radical (unpaired) electrons. The maximum Gasteiger partial charge on any atom is 0.135 e. The Morgan fingerprint density at radius 3 is 1.89 bits per heavy atom. The first-order valence-corrected chi connectivity index (χ1v) is 21.0. The summed E-state index contributed by atoms with van der Waals surface area (Å²) in [7, 11) is 0. The van der Waals surface area contributed by atoms with Gasteiger partial charge in [0.05, 0.1) is 22.5 Å². The van der Waals surface area contributed by atoms with Crippen LogP contribution in [-0.2, 0) is 20.1 Å². The maximum atomic E-state index is 6.20. The molecule has 0 aliphatic heterocycles. The molecular weight excluding hydrogens is 963 g/mol. The molecule has 0 amide bonds. The van der Waals surface area contributed by atoms with E-state index in [4.69, 9.17) is 13.8 Å². The van der Waals surface area contributed by atoms with Crippen LogP contribution >= 0.6 is 0 Å². The molecule has 4 aromatic heterocycles. The van der Waals surface area contributed by atoms with Gasteiger partial charge in [0.15, 0.2) is 0 Å². The molecule has 12 aromatic rings. The molecule has 0 saturated heterocycles. The van der Waals surface area contributed by atoms with Gasteiger partial charge in [-0.2, -0.15) is 0 Å². The van der Waals surface area contributed by atoms with Gasteiger partial charge in [-0.3, -0.25) is 4.98 Å². The third kappa shape index (κ3) is 7.53. The van der Waals surface area contributed by atoms with Gasteiger partial charge in [-0.05, 0) is 101 Å². The summed E-state index contributed by atoms with van der Waals surface area (Å²) in [5, 5.41) is 3.17. The van der Waals surface area contributed by atoms with Gasteiger partial charge in [-0.25, -0.2) is 0 Å².